The van der Waals surface area contributed by atoms with Gasteiger partial charge in [-0.15, -0.1) is 0 Å². The highest BCUT2D eigenvalue weighted by molar-refractivity contribution is 5.94. The van der Waals surface area contributed by atoms with Gasteiger partial charge in [-0.25, -0.2) is 13.6 Å². The Morgan fingerprint density at radius 2 is 1.78 bits per heavy atom. The molecule has 1 aromatic heterocycles. The van der Waals surface area contributed by atoms with E-state index in [4.69, 9.17) is 9.15 Å². The molecule has 4 rings (SSSR count). The van der Waals surface area contributed by atoms with Crippen LogP contribution in [0.4, 0.5) is 20.4 Å². The zero-order valence-electron chi connectivity index (χ0n) is 17.4. The van der Waals surface area contributed by atoms with Crippen molar-refractivity contribution >= 4 is 28.5 Å². The van der Waals surface area contributed by atoms with E-state index in [0.29, 0.717) is 62.0 Å². The van der Waals surface area contributed by atoms with Crippen molar-refractivity contribution in [3.63, 3.8) is 0 Å². The topological polar surface area (TPSA) is 83.2 Å². The number of aromatic carboxylic acids is 1. The van der Waals surface area contributed by atoms with Crippen molar-refractivity contribution in [3.8, 4) is 0 Å². The smallest absolute Gasteiger partial charge is 0.335 e. The molecule has 0 spiro atoms. The highest BCUT2D eigenvalue weighted by atomic mass is 19.1. The minimum absolute atomic E-state index is 0.0293. The third kappa shape index (κ3) is 4.57. The molecule has 2 heterocycles. The number of morpholine rings is 1. The van der Waals surface area contributed by atoms with Crippen LogP contribution in [0, 0.1) is 11.6 Å². The van der Waals surface area contributed by atoms with Gasteiger partial charge in [-0.05, 0) is 36.2 Å². The summed E-state index contributed by atoms with van der Waals surface area (Å²) in [5, 5.41) is 9.66. The van der Waals surface area contributed by atoms with Crippen LogP contribution in [-0.4, -0.2) is 51.0 Å². The number of likely N-dealkylation sites (N-methyl/N-ethyl adjacent to an activating group) is 1. The van der Waals surface area contributed by atoms with E-state index in [0.717, 1.165) is 6.07 Å². The Hall–Kier alpha value is -3.46. The molecule has 32 heavy (non-hydrogen) atoms. The van der Waals surface area contributed by atoms with Crippen molar-refractivity contribution in [3.05, 3.63) is 69.4 Å². The van der Waals surface area contributed by atoms with Gasteiger partial charge in [0.1, 0.15) is 17.2 Å². The number of hydrogen-bond donors (Lipinski definition) is 1. The minimum Gasteiger partial charge on any atom is -0.478 e. The number of halogens is 2. The van der Waals surface area contributed by atoms with E-state index in [1.807, 2.05) is 4.90 Å². The second-order valence-corrected chi connectivity index (χ2v) is 7.66. The first-order valence-electron chi connectivity index (χ1n) is 10.2. The molecule has 1 aliphatic heterocycles. The van der Waals surface area contributed by atoms with Crippen LogP contribution < -0.4 is 15.2 Å². The van der Waals surface area contributed by atoms with Crippen LogP contribution in [0.1, 0.15) is 15.9 Å². The van der Waals surface area contributed by atoms with Crippen LogP contribution in [0.5, 0.6) is 0 Å². The predicted octanol–water partition coefficient (Wildman–Crippen LogP) is 3.28. The maximum absolute atomic E-state index is 13.6. The summed E-state index contributed by atoms with van der Waals surface area (Å²) in [6, 6.07) is 7.36. The first-order valence-corrected chi connectivity index (χ1v) is 10.2. The van der Waals surface area contributed by atoms with Crippen molar-refractivity contribution < 1.29 is 27.8 Å². The Balaban J connectivity index is 1.71. The molecule has 1 saturated heterocycles. The van der Waals surface area contributed by atoms with Crippen molar-refractivity contribution in [1.29, 1.82) is 0 Å². The third-order valence-electron chi connectivity index (χ3n) is 5.47. The number of benzene rings is 2. The molecule has 1 N–H and O–H groups in total. The van der Waals surface area contributed by atoms with Gasteiger partial charge in [-0.1, -0.05) is 0 Å². The summed E-state index contributed by atoms with van der Waals surface area (Å²) in [6.07, 6.45) is 0.293. The third-order valence-corrected chi connectivity index (χ3v) is 5.47. The van der Waals surface area contributed by atoms with E-state index in [2.05, 4.69) is 0 Å². The molecule has 0 unspecified atom stereocenters. The zero-order chi connectivity index (χ0) is 22.8. The molecule has 3 aromatic rings. The molecule has 168 valence electrons. The number of fused-ring (bicyclic) bond motifs is 1. The largest absolute Gasteiger partial charge is 0.478 e. The predicted molar refractivity (Wildman–Crippen MR) is 116 cm³/mol. The fourth-order valence-electron chi connectivity index (χ4n) is 3.74. The van der Waals surface area contributed by atoms with Gasteiger partial charge in [0.25, 0.3) is 0 Å². The summed E-state index contributed by atoms with van der Waals surface area (Å²) in [5.74, 6) is -2.14. The fraction of sp³-hybridized carbons (Fsp3) is 0.304. The molecule has 0 bridgehead atoms. The molecule has 0 amide bonds. The molecular weight excluding hydrogens is 422 g/mol. The Morgan fingerprint density at radius 3 is 2.44 bits per heavy atom. The molecule has 0 atom stereocenters. The molecular formula is C23H22F2N2O5. The average Bonchev–Trinajstić information content (AvgIpc) is 2.77. The molecule has 0 aliphatic carbocycles. The van der Waals surface area contributed by atoms with E-state index in [-0.39, 0.29) is 16.4 Å². The molecule has 9 heteroatoms. The van der Waals surface area contributed by atoms with Gasteiger partial charge in [-0.2, -0.15) is 0 Å². The Morgan fingerprint density at radius 1 is 1.09 bits per heavy atom. The second-order valence-electron chi connectivity index (χ2n) is 7.66. The lowest BCUT2D eigenvalue weighted by molar-refractivity contribution is 0.0697. The summed E-state index contributed by atoms with van der Waals surface area (Å²) in [4.78, 5) is 28.0. The SMILES string of the molecule is CN(CCc1cc(C(=O)O)cc2c(=O)cc(N3CCOCC3)oc12)c1cc(F)cc(F)c1. The Labute approximate surface area is 182 Å². The molecule has 0 saturated carbocycles. The molecule has 2 aromatic carbocycles. The van der Waals surface area contributed by atoms with Crippen LogP contribution in [0.2, 0.25) is 0 Å². The quantitative estimate of drug-likeness (QED) is 0.625. The van der Waals surface area contributed by atoms with E-state index in [9.17, 15) is 23.5 Å². The number of carbonyl (C=O) groups is 1. The monoisotopic (exact) mass is 444 g/mol. The van der Waals surface area contributed by atoms with Crippen molar-refractivity contribution in [2.75, 3.05) is 49.7 Å². The standard InChI is InChI=1S/C23H22F2N2O5/c1-26(18-11-16(24)10-17(25)12-18)3-2-14-8-15(23(29)30)9-19-20(28)13-21(32-22(14)19)27-4-6-31-7-5-27/h8-13H,2-7H2,1H3,(H,29,30). The highest BCUT2D eigenvalue weighted by Crippen LogP contribution is 2.26. The van der Waals surface area contributed by atoms with E-state index >= 15 is 0 Å². The van der Waals surface area contributed by atoms with Crippen molar-refractivity contribution in [2.24, 2.45) is 0 Å². The molecule has 0 radical (unpaired) electrons. The summed E-state index contributed by atoms with van der Waals surface area (Å²) < 4.78 is 38.6. The molecule has 1 fully saturated rings. The molecule has 1 aliphatic rings. The lowest BCUT2D eigenvalue weighted by atomic mass is 10.0. The summed E-state index contributed by atoms with van der Waals surface area (Å²) in [6.45, 7) is 2.49. The Bertz CT molecular complexity index is 1200. The van der Waals surface area contributed by atoms with Crippen LogP contribution in [0.25, 0.3) is 11.0 Å². The summed E-state index contributed by atoms with van der Waals surface area (Å²) in [7, 11) is 1.67. The van der Waals surface area contributed by atoms with Gasteiger partial charge >= 0.3 is 5.97 Å². The van der Waals surface area contributed by atoms with Crippen LogP contribution >= 0.6 is 0 Å². The van der Waals surface area contributed by atoms with E-state index in [1.165, 1.54) is 30.3 Å². The lowest BCUT2D eigenvalue weighted by Crippen LogP contribution is -2.36. The van der Waals surface area contributed by atoms with Gasteiger partial charge in [0.05, 0.1) is 24.2 Å². The fourth-order valence-corrected chi connectivity index (χ4v) is 3.74. The average molecular weight is 444 g/mol. The van der Waals surface area contributed by atoms with Crippen LogP contribution in [0.15, 0.2) is 45.6 Å². The first-order chi connectivity index (χ1) is 15.3. The number of carboxylic acid groups (broad SMARTS) is 1. The normalized spacial score (nSPS) is 14.0. The van der Waals surface area contributed by atoms with Crippen LogP contribution in [0.3, 0.4) is 0 Å². The van der Waals surface area contributed by atoms with E-state index in [1.54, 1.807) is 11.9 Å². The van der Waals surface area contributed by atoms with Gasteiger partial charge < -0.3 is 24.1 Å². The summed E-state index contributed by atoms with van der Waals surface area (Å²) >= 11 is 0. The number of anilines is 2. The lowest BCUT2D eigenvalue weighted by Gasteiger charge is -2.27. The number of rotatable bonds is 6. The van der Waals surface area contributed by atoms with E-state index < -0.39 is 17.6 Å². The van der Waals surface area contributed by atoms with Gasteiger partial charge in [0.15, 0.2) is 11.3 Å². The maximum Gasteiger partial charge on any atom is 0.335 e. The number of carboxylic acids is 1. The number of nitrogens with zero attached hydrogens (tertiary/aromatic N) is 2. The minimum atomic E-state index is -1.16. The van der Waals surface area contributed by atoms with Crippen molar-refractivity contribution in [2.45, 2.75) is 6.42 Å². The first kappa shape index (κ1) is 21.8. The van der Waals surface area contributed by atoms with Crippen molar-refractivity contribution in [1.82, 2.24) is 0 Å². The Kier molecular flexibility index (Phi) is 6.09. The second kappa shape index (κ2) is 8.96. The number of ether oxygens (including phenoxy) is 1. The maximum atomic E-state index is 13.6. The van der Waals surface area contributed by atoms with Gasteiger partial charge in [0.2, 0.25) is 0 Å². The zero-order valence-corrected chi connectivity index (χ0v) is 17.4. The van der Waals surface area contributed by atoms with Gasteiger partial charge in [0, 0.05) is 44.5 Å². The molecule has 7 nitrogen and oxygen atoms in total. The highest BCUT2D eigenvalue weighted by Gasteiger charge is 2.19. The number of hydrogen-bond acceptors (Lipinski definition) is 6. The summed E-state index contributed by atoms with van der Waals surface area (Å²) in [5.41, 5.74) is 0.811. The van der Waals surface area contributed by atoms with Crippen LogP contribution in [-0.2, 0) is 11.2 Å². The van der Waals surface area contributed by atoms with Gasteiger partial charge in [-0.3, -0.25) is 4.79 Å².